The van der Waals surface area contributed by atoms with Gasteiger partial charge in [0.25, 0.3) is 0 Å². The number of phenols is 2. The van der Waals surface area contributed by atoms with Crippen molar-refractivity contribution < 1.29 is 10.2 Å². The van der Waals surface area contributed by atoms with Gasteiger partial charge in [0.2, 0.25) is 0 Å². The van der Waals surface area contributed by atoms with Crippen LogP contribution in [0, 0.1) is 0 Å². The fraction of sp³-hybridized carbons (Fsp3) is 0.368. The molecule has 1 aliphatic heterocycles. The van der Waals surface area contributed by atoms with Crippen LogP contribution in [0.4, 0.5) is 0 Å². The van der Waals surface area contributed by atoms with E-state index >= 15 is 0 Å². The summed E-state index contributed by atoms with van der Waals surface area (Å²) in [6.45, 7) is 4.44. The third-order valence-corrected chi connectivity index (χ3v) is 5.08. The zero-order valence-electron chi connectivity index (χ0n) is 13.2. The molecule has 2 N–H and O–H groups in total. The summed E-state index contributed by atoms with van der Waals surface area (Å²) >= 11 is 0. The molecule has 4 rings (SSSR count). The number of aromatic hydroxyl groups is 2. The number of hydrogen-bond donors (Lipinski definition) is 2. The standard InChI is InChI=1S/C19H21NO2.BrH/c1-2-9-20-10-8-12-4-3-5-14-17(12)15(20)11-13-6-7-16(21)19(22)18(13)14;/h3-7,15,21-22H,2,8-11H2,1H3;1H/t15-;/m1./s1. The third-order valence-electron chi connectivity index (χ3n) is 5.08. The van der Waals surface area contributed by atoms with Gasteiger partial charge in [-0.2, -0.15) is 0 Å². The van der Waals surface area contributed by atoms with Crippen LogP contribution in [0.1, 0.15) is 36.1 Å². The summed E-state index contributed by atoms with van der Waals surface area (Å²) in [4.78, 5) is 2.57. The topological polar surface area (TPSA) is 43.7 Å². The first-order chi connectivity index (χ1) is 10.7. The monoisotopic (exact) mass is 375 g/mol. The molecular weight excluding hydrogens is 354 g/mol. The van der Waals surface area contributed by atoms with Crippen molar-refractivity contribution in [2.45, 2.75) is 32.2 Å². The smallest absolute Gasteiger partial charge is 0.165 e. The summed E-state index contributed by atoms with van der Waals surface area (Å²) in [6.07, 6.45) is 3.13. The Morgan fingerprint density at radius 3 is 2.74 bits per heavy atom. The van der Waals surface area contributed by atoms with Gasteiger partial charge in [0.15, 0.2) is 11.5 Å². The SMILES string of the molecule is Br.CCCN1CCc2cccc3c2[C@H]1Cc1ccc(O)c(O)c1-3. The Morgan fingerprint density at radius 2 is 1.96 bits per heavy atom. The number of phenolic OH excluding ortho intramolecular Hbond substituents is 2. The van der Waals surface area contributed by atoms with Crippen molar-refractivity contribution in [3.8, 4) is 22.6 Å². The summed E-state index contributed by atoms with van der Waals surface area (Å²) in [6, 6.07) is 10.3. The minimum absolute atomic E-state index is 0. The van der Waals surface area contributed by atoms with E-state index in [0.717, 1.165) is 49.0 Å². The molecule has 1 heterocycles. The lowest BCUT2D eigenvalue weighted by atomic mass is 9.76. The molecule has 2 aliphatic rings. The first kappa shape index (κ1) is 16.3. The first-order valence-corrected chi connectivity index (χ1v) is 8.10. The van der Waals surface area contributed by atoms with Crippen LogP contribution in [0.3, 0.4) is 0 Å². The summed E-state index contributed by atoms with van der Waals surface area (Å²) in [5, 5.41) is 20.2. The number of benzene rings is 2. The summed E-state index contributed by atoms with van der Waals surface area (Å²) in [7, 11) is 0. The van der Waals surface area contributed by atoms with Crippen LogP contribution >= 0.6 is 17.0 Å². The van der Waals surface area contributed by atoms with Crippen LogP contribution in [0.5, 0.6) is 11.5 Å². The average molecular weight is 376 g/mol. The van der Waals surface area contributed by atoms with Crippen molar-refractivity contribution >= 4 is 17.0 Å². The highest BCUT2D eigenvalue weighted by atomic mass is 79.9. The van der Waals surface area contributed by atoms with Crippen LogP contribution in [-0.2, 0) is 12.8 Å². The fourth-order valence-corrected chi connectivity index (χ4v) is 4.13. The van der Waals surface area contributed by atoms with Gasteiger partial charge >= 0.3 is 0 Å². The Hall–Kier alpha value is -1.52. The minimum atomic E-state index is -0.0315. The third kappa shape index (κ3) is 2.45. The predicted molar refractivity (Wildman–Crippen MR) is 97.5 cm³/mol. The maximum Gasteiger partial charge on any atom is 0.165 e. The highest BCUT2D eigenvalue weighted by Gasteiger charge is 2.35. The molecule has 4 heteroatoms. The molecule has 0 fully saturated rings. The number of fused-ring (bicyclic) bond motifs is 2. The van der Waals surface area contributed by atoms with E-state index in [1.54, 1.807) is 6.07 Å². The van der Waals surface area contributed by atoms with Crippen LogP contribution in [0.2, 0.25) is 0 Å². The highest BCUT2D eigenvalue weighted by molar-refractivity contribution is 8.93. The molecule has 1 aliphatic carbocycles. The van der Waals surface area contributed by atoms with E-state index in [0.29, 0.717) is 6.04 Å². The summed E-state index contributed by atoms with van der Waals surface area (Å²) < 4.78 is 0. The Balaban J connectivity index is 0.00000156. The molecular formula is C19H22BrNO2. The van der Waals surface area contributed by atoms with Gasteiger partial charge in [-0.25, -0.2) is 0 Å². The van der Waals surface area contributed by atoms with Crippen molar-refractivity contribution in [3.63, 3.8) is 0 Å². The van der Waals surface area contributed by atoms with Gasteiger partial charge in [-0.15, -0.1) is 17.0 Å². The Bertz CT molecular complexity index is 744. The number of hydrogen-bond acceptors (Lipinski definition) is 3. The Morgan fingerprint density at radius 1 is 1.13 bits per heavy atom. The minimum Gasteiger partial charge on any atom is -0.504 e. The maximum atomic E-state index is 10.4. The number of halogens is 1. The maximum absolute atomic E-state index is 10.4. The summed E-state index contributed by atoms with van der Waals surface area (Å²) in [5.74, 6) is -0.00649. The van der Waals surface area contributed by atoms with E-state index in [-0.39, 0.29) is 28.5 Å². The molecule has 0 aromatic heterocycles. The molecule has 0 bridgehead atoms. The second-order valence-corrected chi connectivity index (χ2v) is 6.35. The quantitative estimate of drug-likeness (QED) is 0.772. The van der Waals surface area contributed by atoms with E-state index < -0.39 is 0 Å². The Kier molecular flexibility index (Phi) is 4.39. The molecule has 0 unspecified atom stereocenters. The molecule has 2 aromatic rings. The molecule has 2 aromatic carbocycles. The molecule has 1 atom stereocenters. The van der Waals surface area contributed by atoms with E-state index in [1.807, 2.05) is 6.07 Å². The largest absolute Gasteiger partial charge is 0.504 e. The van der Waals surface area contributed by atoms with Crippen molar-refractivity contribution in [3.05, 3.63) is 47.0 Å². The zero-order valence-corrected chi connectivity index (χ0v) is 15.0. The molecule has 23 heavy (non-hydrogen) atoms. The molecule has 0 saturated heterocycles. The predicted octanol–water partition coefficient (Wildman–Crippen LogP) is 4.21. The van der Waals surface area contributed by atoms with Gasteiger partial charge in [-0.05, 0) is 54.1 Å². The number of nitrogens with zero attached hydrogens (tertiary/aromatic N) is 1. The van der Waals surface area contributed by atoms with Crippen molar-refractivity contribution in [1.29, 1.82) is 0 Å². The normalized spacial score (nSPS) is 18.7. The average Bonchev–Trinajstić information content (AvgIpc) is 2.53. The van der Waals surface area contributed by atoms with Crippen molar-refractivity contribution in [2.75, 3.05) is 13.1 Å². The molecule has 0 amide bonds. The molecule has 0 saturated carbocycles. The van der Waals surface area contributed by atoms with E-state index in [4.69, 9.17) is 0 Å². The Labute approximate surface area is 147 Å². The van der Waals surface area contributed by atoms with Crippen molar-refractivity contribution in [1.82, 2.24) is 4.90 Å². The highest BCUT2D eigenvalue weighted by Crippen LogP contribution is 2.50. The molecule has 0 radical (unpaired) electrons. The van der Waals surface area contributed by atoms with Crippen LogP contribution in [0.25, 0.3) is 11.1 Å². The lowest BCUT2D eigenvalue weighted by molar-refractivity contribution is 0.183. The van der Waals surface area contributed by atoms with E-state index in [2.05, 4.69) is 30.0 Å². The second-order valence-electron chi connectivity index (χ2n) is 6.35. The lowest BCUT2D eigenvalue weighted by Gasteiger charge is -2.41. The van der Waals surface area contributed by atoms with Crippen LogP contribution < -0.4 is 0 Å². The lowest BCUT2D eigenvalue weighted by Crippen LogP contribution is -2.38. The molecule has 0 spiro atoms. The van der Waals surface area contributed by atoms with E-state index in [9.17, 15) is 10.2 Å². The van der Waals surface area contributed by atoms with Gasteiger partial charge in [-0.1, -0.05) is 31.2 Å². The van der Waals surface area contributed by atoms with Gasteiger partial charge in [-0.3, -0.25) is 4.90 Å². The van der Waals surface area contributed by atoms with Gasteiger partial charge in [0.1, 0.15) is 0 Å². The molecule has 122 valence electrons. The fourth-order valence-electron chi connectivity index (χ4n) is 4.13. The van der Waals surface area contributed by atoms with Crippen LogP contribution in [0.15, 0.2) is 30.3 Å². The second kappa shape index (κ2) is 6.17. The molecule has 3 nitrogen and oxygen atoms in total. The zero-order chi connectivity index (χ0) is 15.3. The van der Waals surface area contributed by atoms with E-state index in [1.165, 1.54) is 11.1 Å². The van der Waals surface area contributed by atoms with Gasteiger partial charge < -0.3 is 10.2 Å². The van der Waals surface area contributed by atoms with Gasteiger partial charge in [0, 0.05) is 18.2 Å². The summed E-state index contributed by atoms with van der Waals surface area (Å²) in [5.41, 5.74) is 5.80. The number of rotatable bonds is 2. The van der Waals surface area contributed by atoms with Crippen LogP contribution in [-0.4, -0.2) is 28.2 Å². The van der Waals surface area contributed by atoms with Crippen molar-refractivity contribution in [2.24, 2.45) is 0 Å². The van der Waals surface area contributed by atoms with Gasteiger partial charge in [0.05, 0.1) is 0 Å². The first-order valence-electron chi connectivity index (χ1n) is 8.10.